The molecule has 4 heteroatoms. The van der Waals surface area contributed by atoms with E-state index >= 15 is 0 Å². The van der Waals surface area contributed by atoms with Gasteiger partial charge in [0.25, 0.3) is 0 Å². The molecule has 0 radical (unpaired) electrons. The first-order chi connectivity index (χ1) is 6.20. The van der Waals surface area contributed by atoms with Crippen LogP contribution in [0.1, 0.15) is 10.4 Å². The van der Waals surface area contributed by atoms with Crippen LogP contribution in [0.15, 0.2) is 24.4 Å². The fraction of sp³-hybridized carbons (Fsp3) is 0. The van der Waals surface area contributed by atoms with E-state index in [0.717, 1.165) is 5.39 Å². The molecule has 2 N–H and O–H groups in total. The van der Waals surface area contributed by atoms with Crippen LogP contribution in [0, 0.1) is 0 Å². The Kier molecular flexibility index (Phi) is 1.74. The number of carboxylic acids is 1. The van der Waals surface area contributed by atoms with Gasteiger partial charge in [-0.05, 0) is 12.1 Å². The summed E-state index contributed by atoms with van der Waals surface area (Å²) in [5.74, 6) is -1.02. The first kappa shape index (κ1) is 8.13. The number of aromatic carboxylic acids is 1. The number of rotatable bonds is 1. The number of carboxylic acid groups (broad SMARTS) is 1. The van der Waals surface area contributed by atoms with Gasteiger partial charge >= 0.3 is 5.97 Å². The van der Waals surface area contributed by atoms with E-state index < -0.39 is 5.97 Å². The lowest BCUT2D eigenvalue weighted by atomic mass is 10.1. The number of benzene rings is 1. The average molecular weight is 196 g/mol. The van der Waals surface area contributed by atoms with Crippen LogP contribution in [-0.4, -0.2) is 16.1 Å². The van der Waals surface area contributed by atoms with Crippen molar-refractivity contribution in [2.75, 3.05) is 0 Å². The highest BCUT2D eigenvalue weighted by Crippen LogP contribution is 2.24. The molecule has 0 saturated heterocycles. The number of hydrogen-bond donors (Lipinski definition) is 2. The van der Waals surface area contributed by atoms with E-state index in [1.54, 1.807) is 24.4 Å². The van der Waals surface area contributed by atoms with Crippen LogP contribution in [0.2, 0.25) is 5.02 Å². The maximum atomic E-state index is 10.8. The van der Waals surface area contributed by atoms with E-state index in [4.69, 9.17) is 16.7 Å². The average Bonchev–Trinajstić information content (AvgIpc) is 2.50. The Labute approximate surface area is 78.9 Å². The van der Waals surface area contributed by atoms with Gasteiger partial charge in [-0.1, -0.05) is 17.7 Å². The van der Waals surface area contributed by atoms with Crippen molar-refractivity contribution in [3.63, 3.8) is 0 Å². The van der Waals surface area contributed by atoms with Gasteiger partial charge in [0.15, 0.2) is 0 Å². The maximum absolute atomic E-state index is 10.8. The molecule has 1 aromatic carbocycles. The minimum Gasteiger partial charge on any atom is -0.478 e. The largest absolute Gasteiger partial charge is 0.478 e. The SMILES string of the molecule is O=C(O)c1c(Cl)ccc2cc[nH]c12. The summed E-state index contributed by atoms with van der Waals surface area (Å²) in [5.41, 5.74) is 0.698. The summed E-state index contributed by atoms with van der Waals surface area (Å²) in [6, 6.07) is 5.17. The summed E-state index contributed by atoms with van der Waals surface area (Å²) in [4.78, 5) is 13.7. The number of H-pyrrole nitrogens is 1. The molecule has 0 aliphatic rings. The zero-order valence-electron chi connectivity index (χ0n) is 6.54. The molecule has 2 rings (SSSR count). The smallest absolute Gasteiger partial charge is 0.339 e. The van der Waals surface area contributed by atoms with Crippen molar-refractivity contribution in [1.29, 1.82) is 0 Å². The van der Waals surface area contributed by atoms with Gasteiger partial charge in [-0.25, -0.2) is 4.79 Å². The van der Waals surface area contributed by atoms with Crippen molar-refractivity contribution in [2.45, 2.75) is 0 Å². The maximum Gasteiger partial charge on any atom is 0.339 e. The molecule has 3 nitrogen and oxygen atoms in total. The van der Waals surface area contributed by atoms with Crippen LogP contribution in [0.25, 0.3) is 10.9 Å². The number of aromatic amines is 1. The predicted molar refractivity (Wildman–Crippen MR) is 50.3 cm³/mol. The van der Waals surface area contributed by atoms with Gasteiger partial charge in [0.2, 0.25) is 0 Å². The van der Waals surface area contributed by atoms with E-state index in [0.29, 0.717) is 5.52 Å². The van der Waals surface area contributed by atoms with E-state index in [9.17, 15) is 4.79 Å². The second kappa shape index (κ2) is 2.78. The Balaban J connectivity index is 2.88. The molecule has 0 bridgehead atoms. The minimum atomic E-state index is -1.02. The minimum absolute atomic E-state index is 0.129. The number of nitrogens with one attached hydrogen (secondary N) is 1. The molecule has 0 saturated carbocycles. The lowest BCUT2D eigenvalue weighted by Gasteiger charge is -1.99. The zero-order chi connectivity index (χ0) is 9.42. The summed E-state index contributed by atoms with van der Waals surface area (Å²) in [5, 5.41) is 9.98. The topological polar surface area (TPSA) is 53.1 Å². The number of hydrogen-bond acceptors (Lipinski definition) is 1. The summed E-state index contributed by atoms with van der Waals surface area (Å²) < 4.78 is 0. The van der Waals surface area contributed by atoms with Gasteiger partial charge in [-0.3, -0.25) is 0 Å². The Morgan fingerprint density at radius 2 is 2.15 bits per heavy atom. The molecule has 0 atom stereocenters. The summed E-state index contributed by atoms with van der Waals surface area (Å²) in [7, 11) is 0. The zero-order valence-corrected chi connectivity index (χ0v) is 7.30. The van der Waals surface area contributed by atoms with Crippen molar-refractivity contribution in [3.8, 4) is 0 Å². The van der Waals surface area contributed by atoms with E-state index in [1.165, 1.54) is 0 Å². The number of halogens is 1. The van der Waals surface area contributed by atoms with Crippen LogP contribution >= 0.6 is 11.6 Å². The molecule has 0 unspecified atom stereocenters. The number of fused-ring (bicyclic) bond motifs is 1. The van der Waals surface area contributed by atoms with E-state index in [-0.39, 0.29) is 10.6 Å². The van der Waals surface area contributed by atoms with Gasteiger partial charge in [-0.2, -0.15) is 0 Å². The van der Waals surface area contributed by atoms with Gasteiger partial charge in [0.05, 0.1) is 10.5 Å². The van der Waals surface area contributed by atoms with E-state index in [1.807, 2.05) is 0 Å². The van der Waals surface area contributed by atoms with Crippen molar-refractivity contribution < 1.29 is 9.90 Å². The first-order valence-corrected chi connectivity index (χ1v) is 4.07. The Morgan fingerprint density at radius 3 is 2.85 bits per heavy atom. The standard InChI is InChI=1S/C9H6ClNO2/c10-6-2-1-5-3-4-11-8(5)7(6)9(12)13/h1-4,11H,(H,12,13). The van der Waals surface area contributed by atoms with Gasteiger partial charge in [0, 0.05) is 11.6 Å². The van der Waals surface area contributed by atoms with E-state index in [2.05, 4.69) is 4.98 Å². The molecule has 0 fully saturated rings. The molecule has 0 spiro atoms. The molecule has 0 aliphatic carbocycles. The molecule has 1 heterocycles. The second-order valence-electron chi connectivity index (χ2n) is 2.67. The highest BCUT2D eigenvalue weighted by molar-refractivity contribution is 6.35. The van der Waals surface area contributed by atoms with Crippen molar-refractivity contribution in [3.05, 3.63) is 35.0 Å². The molecule has 13 heavy (non-hydrogen) atoms. The number of carbonyl (C=O) groups is 1. The third kappa shape index (κ3) is 1.17. The quantitative estimate of drug-likeness (QED) is 0.735. The Bertz CT molecular complexity index is 475. The normalized spacial score (nSPS) is 10.5. The van der Waals surface area contributed by atoms with Crippen LogP contribution in [0.3, 0.4) is 0 Å². The van der Waals surface area contributed by atoms with Gasteiger partial charge < -0.3 is 10.1 Å². The van der Waals surface area contributed by atoms with Crippen molar-refractivity contribution >= 4 is 28.5 Å². The predicted octanol–water partition coefficient (Wildman–Crippen LogP) is 2.52. The highest BCUT2D eigenvalue weighted by atomic mass is 35.5. The van der Waals surface area contributed by atoms with Crippen LogP contribution < -0.4 is 0 Å². The monoisotopic (exact) mass is 195 g/mol. The summed E-state index contributed by atoms with van der Waals surface area (Å²) in [6.07, 6.45) is 1.69. The van der Waals surface area contributed by atoms with Gasteiger partial charge in [0.1, 0.15) is 5.56 Å². The molecule has 0 amide bonds. The third-order valence-electron chi connectivity index (χ3n) is 1.89. The fourth-order valence-corrected chi connectivity index (χ4v) is 1.55. The van der Waals surface area contributed by atoms with Crippen LogP contribution in [-0.2, 0) is 0 Å². The summed E-state index contributed by atoms with van der Waals surface area (Å²) >= 11 is 5.75. The van der Waals surface area contributed by atoms with Crippen molar-refractivity contribution in [1.82, 2.24) is 4.98 Å². The second-order valence-corrected chi connectivity index (χ2v) is 3.08. The number of aromatic nitrogens is 1. The lowest BCUT2D eigenvalue weighted by molar-refractivity contribution is 0.0699. The first-order valence-electron chi connectivity index (χ1n) is 3.69. The molecule has 0 aliphatic heterocycles. The van der Waals surface area contributed by atoms with Gasteiger partial charge in [-0.15, -0.1) is 0 Å². The van der Waals surface area contributed by atoms with Crippen LogP contribution in [0.4, 0.5) is 0 Å². The Hall–Kier alpha value is -1.48. The fourth-order valence-electron chi connectivity index (χ4n) is 1.31. The lowest BCUT2D eigenvalue weighted by Crippen LogP contribution is -1.98. The molecule has 1 aromatic heterocycles. The molecule has 2 aromatic rings. The summed E-state index contributed by atoms with van der Waals surface area (Å²) in [6.45, 7) is 0. The van der Waals surface area contributed by atoms with Crippen LogP contribution in [0.5, 0.6) is 0 Å². The van der Waals surface area contributed by atoms with Crippen molar-refractivity contribution in [2.24, 2.45) is 0 Å². The Morgan fingerprint density at radius 1 is 1.38 bits per heavy atom. The molecule has 66 valence electrons. The third-order valence-corrected chi connectivity index (χ3v) is 2.21. The molecular formula is C9H6ClNO2. The molecular weight excluding hydrogens is 190 g/mol. The highest BCUT2D eigenvalue weighted by Gasteiger charge is 2.13.